The second kappa shape index (κ2) is 12.5. The average Bonchev–Trinajstić information content (AvgIpc) is 2.20. The second-order valence-electron chi connectivity index (χ2n) is 8.97. The number of amides is 2. The maximum Gasteiger partial charge on any atom is 1.00 e. The zero-order chi connectivity index (χ0) is 20.6. The van der Waals surface area contributed by atoms with E-state index < -0.39 is 29.0 Å². The first kappa shape index (κ1) is 30.8. The number of allylic oxidation sites excluding steroid dienone is 1. The molecule has 0 aromatic rings. The first-order valence-corrected chi connectivity index (χ1v) is 8.39. The molecule has 7 heteroatoms. The molecule has 0 aliphatic carbocycles. The van der Waals surface area contributed by atoms with Crippen molar-refractivity contribution in [1.82, 2.24) is 4.90 Å². The van der Waals surface area contributed by atoms with Crippen LogP contribution in [-0.4, -0.2) is 40.4 Å². The molecule has 0 bridgehead atoms. The number of hydrogen-bond donors (Lipinski definition) is 0. The largest absolute Gasteiger partial charge is 1.00 e. The van der Waals surface area contributed by atoms with Crippen molar-refractivity contribution in [3.63, 3.8) is 0 Å². The molecule has 0 fully saturated rings. The van der Waals surface area contributed by atoms with E-state index in [1.54, 1.807) is 68.4 Å². The third-order valence-corrected chi connectivity index (χ3v) is 1.91. The molecule has 0 aromatic heterocycles. The number of ether oxygens (including phenoxy) is 2. The Kier molecular flexibility index (Phi) is 14.8. The Morgan fingerprint density at radius 3 is 1.31 bits per heavy atom. The van der Waals surface area contributed by atoms with E-state index in [1.165, 1.54) is 0 Å². The summed E-state index contributed by atoms with van der Waals surface area (Å²) in [5.74, 6) is 0. The average molecular weight is 398 g/mol. The van der Waals surface area contributed by atoms with E-state index in [1.807, 2.05) is 13.8 Å². The summed E-state index contributed by atoms with van der Waals surface area (Å²) >= 11 is 0. The zero-order valence-electron chi connectivity index (χ0n) is 18.8. The Bertz CT molecular complexity index is 430. The maximum absolute atomic E-state index is 12.1. The van der Waals surface area contributed by atoms with Gasteiger partial charge < -0.3 is 14.6 Å². The molecule has 0 aliphatic rings. The molecule has 2 amide bonds. The topological polar surface area (TPSA) is 78.9 Å². The third-order valence-electron chi connectivity index (χ3n) is 1.91. The summed E-state index contributed by atoms with van der Waals surface area (Å²) in [6.45, 7) is 19.3. The van der Waals surface area contributed by atoms with Gasteiger partial charge in [0.1, 0.15) is 11.2 Å². The van der Waals surface area contributed by atoms with Crippen molar-refractivity contribution in [3.8, 4) is 0 Å². The minimum atomic E-state index is -0.750. The number of carbonyl (C=O) groups excluding carboxylic acids is 2. The number of carbonyl (C=O) groups is 2. The fourth-order valence-corrected chi connectivity index (χ4v) is 1.13. The molecule has 0 unspecified atom stereocenters. The summed E-state index contributed by atoms with van der Waals surface area (Å²) in [5, 5.41) is 10.1. The Morgan fingerprint density at radius 1 is 0.846 bits per heavy atom. The molecule has 148 valence electrons. The predicted molar refractivity (Wildman–Crippen MR) is 98.4 cm³/mol. The van der Waals surface area contributed by atoms with Gasteiger partial charge in [-0.15, -0.1) is 5.60 Å². The molecular weight excluding hydrogens is 361 g/mol. The number of hydrogen-bond acceptors (Lipinski definition) is 5. The molecule has 0 N–H and O–H groups in total. The van der Waals surface area contributed by atoms with E-state index in [0.29, 0.717) is 0 Å². The van der Waals surface area contributed by atoms with Gasteiger partial charge in [0.15, 0.2) is 0 Å². The molecule has 0 spiro atoms. The van der Waals surface area contributed by atoms with Crippen LogP contribution in [0.4, 0.5) is 9.59 Å². The fraction of sp³-hybridized carbons (Fsp3) is 0.789. The normalized spacial score (nSPS) is 11.2. The summed E-state index contributed by atoms with van der Waals surface area (Å²) in [6.07, 6.45) is 0.363. The summed E-state index contributed by atoms with van der Waals surface area (Å²) in [6, 6.07) is 0. The van der Waals surface area contributed by atoms with Crippen molar-refractivity contribution < 1.29 is 75.6 Å². The van der Waals surface area contributed by atoms with E-state index >= 15 is 0 Å². The first-order chi connectivity index (χ1) is 10.8. The Labute approximate surface area is 202 Å². The van der Waals surface area contributed by atoms with Crippen molar-refractivity contribution in [3.05, 3.63) is 11.6 Å². The Morgan fingerprint density at radius 2 is 1.12 bits per heavy atom. The minimum absolute atomic E-state index is 0. The van der Waals surface area contributed by atoms with Crippen molar-refractivity contribution >= 4 is 12.2 Å². The molecule has 26 heavy (non-hydrogen) atoms. The van der Waals surface area contributed by atoms with Crippen LogP contribution in [0.2, 0.25) is 0 Å². The number of rotatable bonds is 2. The molecule has 0 rings (SSSR count). The maximum atomic E-state index is 12.1. The van der Waals surface area contributed by atoms with Crippen LogP contribution in [0.1, 0.15) is 76.2 Å². The number of nitrogens with zero attached hydrogens (tertiary/aromatic N) is 1. The quantitative estimate of drug-likeness (QED) is 0.518. The van der Waals surface area contributed by atoms with Gasteiger partial charge in [-0.3, -0.25) is 0 Å². The van der Waals surface area contributed by atoms with Gasteiger partial charge >= 0.3 is 63.6 Å². The molecule has 6 nitrogen and oxygen atoms in total. The summed E-state index contributed by atoms with van der Waals surface area (Å²) in [7, 11) is 0. The fourth-order valence-electron chi connectivity index (χ4n) is 1.13. The van der Waals surface area contributed by atoms with Crippen molar-refractivity contribution in [2.45, 2.75) is 93.0 Å². The molecule has 0 atom stereocenters. The summed E-state index contributed by atoms with van der Waals surface area (Å²) in [5.41, 5.74) is -1.08. The van der Waals surface area contributed by atoms with Gasteiger partial charge in [-0.2, -0.15) is 0 Å². The van der Waals surface area contributed by atoms with Gasteiger partial charge in [-0.25, -0.2) is 14.5 Å². The monoisotopic (exact) mass is 397 g/mol. The van der Waals surface area contributed by atoms with Gasteiger partial charge in [0.25, 0.3) is 0 Å². The molecule has 0 aliphatic heterocycles. The molecule has 0 heterocycles. The van der Waals surface area contributed by atoms with Gasteiger partial charge in [0.05, 0.1) is 6.54 Å². The third kappa shape index (κ3) is 24.1. The van der Waals surface area contributed by atoms with Crippen LogP contribution in [0, 0.1) is 0 Å². The van der Waals surface area contributed by atoms with E-state index in [0.717, 1.165) is 10.5 Å². The van der Waals surface area contributed by atoms with Crippen LogP contribution in [0.5, 0.6) is 0 Å². The Balaban J connectivity index is -0.000000772. The standard InChI is InChI=1S/C15H27NO4.C4H9O.K/c1-11(2)9-10-16(12(17)19-14(3,4)5)13(18)20-15(6,7)8;1-4(2,3)5;/h9H,10H2,1-8H3;1-3H3;/q;-1;+1. The molecule has 0 saturated heterocycles. The van der Waals surface area contributed by atoms with E-state index in [2.05, 4.69) is 0 Å². The predicted octanol–water partition coefficient (Wildman–Crippen LogP) is 1.27. The second-order valence-corrected chi connectivity index (χ2v) is 8.97. The summed E-state index contributed by atoms with van der Waals surface area (Å²) in [4.78, 5) is 25.1. The first-order valence-electron chi connectivity index (χ1n) is 8.39. The van der Waals surface area contributed by atoms with E-state index in [-0.39, 0.29) is 57.9 Å². The van der Waals surface area contributed by atoms with E-state index in [4.69, 9.17) is 9.47 Å². The van der Waals surface area contributed by atoms with E-state index in [9.17, 15) is 14.7 Å². The smallest absolute Gasteiger partial charge is 0.850 e. The molecule has 0 radical (unpaired) electrons. The van der Waals surface area contributed by atoms with Crippen LogP contribution < -0.4 is 56.5 Å². The molecule has 0 saturated carbocycles. The van der Waals surface area contributed by atoms with Crippen LogP contribution in [0.25, 0.3) is 0 Å². The number of imide groups is 1. The SMILES string of the molecule is CC(C)(C)[O-].CC(C)=CCN(C(=O)OC(C)(C)C)C(=O)OC(C)(C)C.[K+]. The molecular formula is C19H36KNO5. The van der Waals surface area contributed by atoms with Gasteiger partial charge in [-0.05, 0) is 55.4 Å². The zero-order valence-corrected chi connectivity index (χ0v) is 21.9. The Hall–Kier alpha value is 0.0764. The summed E-state index contributed by atoms with van der Waals surface area (Å²) < 4.78 is 10.4. The molecule has 0 aromatic carbocycles. The van der Waals surface area contributed by atoms with Crippen molar-refractivity contribution in [2.24, 2.45) is 0 Å². The van der Waals surface area contributed by atoms with Crippen LogP contribution in [0.15, 0.2) is 11.6 Å². The van der Waals surface area contributed by atoms with Crippen LogP contribution in [0.3, 0.4) is 0 Å². The minimum Gasteiger partial charge on any atom is -0.850 e. The van der Waals surface area contributed by atoms with Crippen LogP contribution >= 0.6 is 0 Å². The van der Waals surface area contributed by atoms with Gasteiger partial charge in [-0.1, -0.05) is 32.4 Å². The van der Waals surface area contributed by atoms with Gasteiger partial charge in [0.2, 0.25) is 0 Å². The van der Waals surface area contributed by atoms with Crippen LogP contribution in [-0.2, 0) is 9.47 Å². The van der Waals surface area contributed by atoms with Crippen molar-refractivity contribution in [1.29, 1.82) is 0 Å². The van der Waals surface area contributed by atoms with Gasteiger partial charge in [0, 0.05) is 0 Å². The van der Waals surface area contributed by atoms with Crippen molar-refractivity contribution in [2.75, 3.05) is 6.54 Å².